The van der Waals surface area contributed by atoms with E-state index in [1.807, 2.05) is 0 Å². The van der Waals surface area contributed by atoms with Crippen molar-refractivity contribution in [3.05, 3.63) is 29.3 Å². The molecule has 0 aromatic carbocycles. The molecule has 1 saturated heterocycles. The summed E-state index contributed by atoms with van der Waals surface area (Å²) in [5.41, 5.74) is 0.264. The Morgan fingerprint density at radius 1 is 1.26 bits per heavy atom. The van der Waals surface area contributed by atoms with Crippen LogP contribution in [0.25, 0.3) is 5.78 Å². The second-order valence-electron chi connectivity index (χ2n) is 6.26. The predicted octanol–water partition coefficient (Wildman–Crippen LogP) is 1.57. The summed E-state index contributed by atoms with van der Waals surface area (Å²) in [6.07, 6.45) is 6.81. The van der Waals surface area contributed by atoms with Crippen LogP contribution >= 0.6 is 11.6 Å². The van der Waals surface area contributed by atoms with E-state index in [-0.39, 0.29) is 24.1 Å². The standard InChI is InChI=1S/C15H15ClN4O3/c16-9-3-17-15-18-12(7-20(15)4-9)13(21)19-5-10(8-1-2-8)11(6-19)14(22)23/h3-4,7-8,10-11H,1-2,5-6H2,(H,22,23)/t10-,11+/m0/s1. The van der Waals surface area contributed by atoms with Crippen molar-refractivity contribution < 1.29 is 14.7 Å². The fraction of sp³-hybridized carbons (Fsp3) is 0.467. The van der Waals surface area contributed by atoms with E-state index < -0.39 is 11.9 Å². The van der Waals surface area contributed by atoms with Gasteiger partial charge < -0.3 is 10.0 Å². The van der Waals surface area contributed by atoms with E-state index in [0.29, 0.717) is 23.3 Å². The van der Waals surface area contributed by atoms with Gasteiger partial charge in [0.05, 0.1) is 17.1 Å². The third kappa shape index (κ3) is 2.55. The predicted molar refractivity (Wildman–Crippen MR) is 81.2 cm³/mol. The van der Waals surface area contributed by atoms with Gasteiger partial charge in [0.2, 0.25) is 5.78 Å². The smallest absolute Gasteiger partial charge is 0.308 e. The highest BCUT2D eigenvalue weighted by Crippen LogP contribution is 2.44. The lowest BCUT2D eigenvalue weighted by Crippen LogP contribution is -2.30. The van der Waals surface area contributed by atoms with E-state index in [1.165, 1.54) is 6.20 Å². The van der Waals surface area contributed by atoms with E-state index in [2.05, 4.69) is 9.97 Å². The van der Waals surface area contributed by atoms with E-state index >= 15 is 0 Å². The molecule has 0 spiro atoms. The molecule has 2 aliphatic rings. The monoisotopic (exact) mass is 334 g/mol. The zero-order valence-corrected chi connectivity index (χ0v) is 13.0. The molecule has 0 radical (unpaired) electrons. The molecule has 0 bridgehead atoms. The summed E-state index contributed by atoms with van der Waals surface area (Å²) in [5, 5.41) is 9.85. The number of nitrogens with zero attached hydrogens (tertiary/aromatic N) is 4. The van der Waals surface area contributed by atoms with Crippen LogP contribution < -0.4 is 0 Å². The van der Waals surface area contributed by atoms with Gasteiger partial charge in [0.25, 0.3) is 5.91 Å². The van der Waals surface area contributed by atoms with Gasteiger partial charge in [-0.25, -0.2) is 9.97 Å². The molecule has 23 heavy (non-hydrogen) atoms. The summed E-state index contributed by atoms with van der Waals surface area (Å²) in [5.74, 6) is -0.653. The summed E-state index contributed by atoms with van der Waals surface area (Å²) in [6, 6.07) is 0. The molecule has 1 N–H and O–H groups in total. The number of fused-ring (bicyclic) bond motifs is 1. The maximum absolute atomic E-state index is 12.7. The lowest BCUT2D eigenvalue weighted by Gasteiger charge is -2.14. The van der Waals surface area contributed by atoms with Crippen LogP contribution in [-0.2, 0) is 4.79 Å². The summed E-state index contributed by atoms with van der Waals surface area (Å²) in [7, 11) is 0. The zero-order chi connectivity index (χ0) is 16.1. The summed E-state index contributed by atoms with van der Waals surface area (Å²) >= 11 is 5.88. The summed E-state index contributed by atoms with van der Waals surface area (Å²) < 4.78 is 1.60. The minimum atomic E-state index is -0.819. The molecular weight excluding hydrogens is 320 g/mol. The molecule has 0 unspecified atom stereocenters. The fourth-order valence-electron chi connectivity index (χ4n) is 3.38. The minimum absolute atomic E-state index is 0.0565. The molecule has 7 nitrogen and oxygen atoms in total. The Hall–Kier alpha value is -2.15. The fourth-order valence-corrected chi connectivity index (χ4v) is 3.54. The number of carbonyl (C=O) groups excluding carboxylic acids is 1. The van der Waals surface area contributed by atoms with Crippen molar-refractivity contribution in [1.82, 2.24) is 19.3 Å². The van der Waals surface area contributed by atoms with E-state index in [4.69, 9.17) is 11.6 Å². The molecule has 2 aromatic heterocycles. The number of carbonyl (C=O) groups is 2. The third-order valence-electron chi connectivity index (χ3n) is 4.69. The highest BCUT2D eigenvalue weighted by Gasteiger charge is 2.47. The highest BCUT2D eigenvalue weighted by molar-refractivity contribution is 6.30. The van der Waals surface area contributed by atoms with Crippen LogP contribution in [0.15, 0.2) is 18.6 Å². The number of likely N-dealkylation sites (tertiary alicyclic amines) is 1. The van der Waals surface area contributed by atoms with E-state index in [0.717, 1.165) is 12.8 Å². The van der Waals surface area contributed by atoms with Gasteiger partial charge in [0.1, 0.15) is 5.69 Å². The molecular formula is C15H15ClN4O3. The van der Waals surface area contributed by atoms with Crippen LogP contribution in [0.5, 0.6) is 0 Å². The Morgan fingerprint density at radius 3 is 2.74 bits per heavy atom. The van der Waals surface area contributed by atoms with Crippen LogP contribution in [0, 0.1) is 17.8 Å². The number of aromatic nitrogens is 3. The molecule has 3 heterocycles. The molecule has 1 amide bonds. The average molecular weight is 335 g/mol. The first-order valence-electron chi connectivity index (χ1n) is 7.55. The van der Waals surface area contributed by atoms with E-state index in [9.17, 15) is 14.7 Å². The lowest BCUT2D eigenvalue weighted by molar-refractivity contribution is -0.142. The Morgan fingerprint density at radius 2 is 2.04 bits per heavy atom. The quantitative estimate of drug-likeness (QED) is 0.920. The van der Waals surface area contributed by atoms with Crippen molar-refractivity contribution in [3.63, 3.8) is 0 Å². The SMILES string of the molecule is O=C(O)[C@@H]1CN(C(=O)c2cn3cc(Cl)cnc3n2)C[C@H]1C1CC1. The van der Waals surface area contributed by atoms with Crippen LogP contribution in [0.4, 0.5) is 0 Å². The second-order valence-corrected chi connectivity index (χ2v) is 6.70. The first-order chi connectivity index (χ1) is 11.0. The molecule has 4 rings (SSSR count). The van der Waals surface area contributed by atoms with Crippen molar-refractivity contribution in [1.29, 1.82) is 0 Å². The van der Waals surface area contributed by atoms with Gasteiger partial charge >= 0.3 is 5.97 Å². The highest BCUT2D eigenvalue weighted by atomic mass is 35.5. The average Bonchev–Trinajstić information content (AvgIpc) is 3.11. The topological polar surface area (TPSA) is 87.8 Å². The van der Waals surface area contributed by atoms with E-state index in [1.54, 1.807) is 21.7 Å². The first-order valence-corrected chi connectivity index (χ1v) is 7.93. The number of carboxylic acid groups (broad SMARTS) is 1. The molecule has 120 valence electrons. The molecule has 2 atom stereocenters. The van der Waals surface area contributed by atoms with Gasteiger partial charge in [-0.15, -0.1) is 0 Å². The van der Waals surface area contributed by atoms with Crippen molar-refractivity contribution in [3.8, 4) is 0 Å². The molecule has 1 aliphatic heterocycles. The number of carboxylic acids is 1. The van der Waals surface area contributed by atoms with Gasteiger partial charge in [-0.05, 0) is 24.7 Å². The largest absolute Gasteiger partial charge is 0.481 e. The number of rotatable bonds is 3. The van der Waals surface area contributed by atoms with Crippen molar-refractivity contribution in [2.75, 3.05) is 13.1 Å². The second kappa shape index (κ2) is 5.19. The minimum Gasteiger partial charge on any atom is -0.481 e. The van der Waals surface area contributed by atoms with Crippen LogP contribution in [0.2, 0.25) is 5.02 Å². The number of aliphatic carboxylic acids is 1. The van der Waals surface area contributed by atoms with Crippen molar-refractivity contribution in [2.24, 2.45) is 17.8 Å². The number of amides is 1. The molecule has 1 aliphatic carbocycles. The third-order valence-corrected chi connectivity index (χ3v) is 4.89. The zero-order valence-electron chi connectivity index (χ0n) is 12.2. The summed E-state index contributed by atoms with van der Waals surface area (Å²) in [4.78, 5) is 34.0. The first kappa shape index (κ1) is 14.4. The van der Waals surface area contributed by atoms with Crippen molar-refractivity contribution >= 4 is 29.3 Å². The number of halogens is 1. The van der Waals surface area contributed by atoms with Crippen LogP contribution in [-0.4, -0.2) is 49.3 Å². The van der Waals surface area contributed by atoms with Gasteiger partial charge in [0.15, 0.2) is 0 Å². The van der Waals surface area contributed by atoms with Gasteiger partial charge in [-0.1, -0.05) is 11.6 Å². The molecule has 2 fully saturated rings. The molecule has 2 aromatic rings. The Bertz CT molecular complexity index is 801. The summed E-state index contributed by atoms with van der Waals surface area (Å²) in [6.45, 7) is 0.736. The maximum Gasteiger partial charge on any atom is 0.308 e. The van der Waals surface area contributed by atoms with Gasteiger partial charge in [-0.3, -0.25) is 14.0 Å². The van der Waals surface area contributed by atoms with Gasteiger partial charge in [-0.2, -0.15) is 0 Å². The molecule has 8 heteroatoms. The number of hydrogen-bond donors (Lipinski definition) is 1. The van der Waals surface area contributed by atoms with Crippen molar-refractivity contribution in [2.45, 2.75) is 12.8 Å². The number of hydrogen-bond acceptors (Lipinski definition) is 4. The lowest BCUT2D eigenvalue weighted by atomic mass is 9.92. The van der Waals surface area contributed by atoms with Crippen LogP contribution in [0.1, 0.15) is 23.3 Å². The Balaban J connectivity index is 1.59. The van der Waals surface area contributed by atoms with Gasteiger partial charge in [0, 0.05) is 25.5 Å². The molecule has 1 saturated carbocycles. The Kier molecular flexibility index (Phi) is 3.26. The maximum atomic E-state index is 12.7. The Labute approximate surface area is 136 Å². The van der Waals surface area contributed by atoms with Crippen LogP contribution in [0.3, 0.4) is 0 Å². The number of imidazole rings is 1. The normalized spacial score (nSPS) is 24.3.